The first-order chi connectivity index (χ1) is 9.63. The van der Waals surface area contributed by atoms with Gasteiger partial charge in [0.05, 0.1) is 31.6 Å². The van der Waals surface area contributed by atoms with Gasteiger partial charge in [-0.1, -0.05) is 12.8 Å². The maximum Gasteiger partial charge on any atom is 0.318 e. The van der Waals surface area contributed by atoms with Gasteiger partial charge >= 0.3 is 5.97 Å². The van der Waals surface area contributed by atoms with Crippen molar-refractivity contribution in [1.29, 1.82) is 0 Å². The van der Waals surface area contributed by atoms with E-state index in [1.54, 1.807) is 6.92 Å². The van der Waals surface area contributed by atoms with E-state index in [0.717, 1.165) is 12.8 Å². The van der Waals surface area contributed by atoms with Gasteiger partial charge in [0.25, 0.3) is 0 Å². The fraction of sp³-hybridized carbons (Fsp3) is 0.857. The van der Waals surface area contributed by atoms with Gasteiger partial charge in [0.2, 0.25) is 5.91 Å². The molecule has 2 aliphatic rings. The van der Waals surface area contributed by atoms with Crippen LogP contribution in [0.5, 0.6) is 0 Å². The Morgan fingerprint density at radius 1 is 1.40 bits per heavy atom. The van der Waals surface area contributed by atoms with Crippen molar-refractivity contribution in [3.8, 4) is 0 Å². The van der Waals surface area contributed by atoms with Gasteiger partial charge in [0.1, 0.15) is 5.25 Å². The lowest BCUT2D eigenvalue weighted by Gasteiger charge is -2.43. The topological polar surface area (TPSA) is 55.8 Å². The maximum absolute atomic E-state index is 12.4. The Morgan fingerprint density at radius 3 is 2.90 bits per heavy atom. The second-order valence-corrected chi connectivity index (χ2v) is 6.65. The second-order valence-electron chi connectivity index (χ2n) is 5.32. The highest BCUT2D eigenvalue weighted by atomic mass is 32.2. The molecule has 1 saturated carbocycles. The van der Waals surface area contributed by atoms with E-state index in [4.69, 9.17) is 4.74 Å². The Hall–Kier alpha value is -0.750. The Morgan fingerprint density at radius 2 is 2.15 bits per heavy atom. The molecule has 0 bridgehead atoms. The maximum atomic E-state index is 12.4. The molecule has 1 aliphatic heterocycles. The monoisotopic (exact) mass is 301 g/mol. The number of carbonyl (C=O) groups excluding carboxylic acids is 2. The zero-order chi connectivity index (χ0) is 14.5. The molecule has 0 unspecified atom stereocenters. The first-order valence-corrected chi connectivity index (χ1v) is 8.29. The molecule has 2 fully saturated rings. The van der Waals surface area contributed by atoms with Crippen molar-refractivity contribution >= 4 is 23.6 Å². The van der Waals surface area contributed by atoms with Crippen LogP contribution < -0.4 is 0 Å². The summed E-state index contributed by atoms with van der Waals surface area (Å²) >= 11 is 1.34. The van der Waals surface area contributed by atoms with Crippen LogP contribution in [0.15, 0.2) is 0 Å². The molecule has 0 N–H and O–H groups in total. The van der Waals surface area contributed by atoms with Crippen molar-refractivity contribution in [2.45, 2.75) is 50.0 Å². The zero-order valence-corrected chi connectivity index (χ0v) is 13.0. The van der Waals surface area contributed by atoms with E-state index < -0.39 is 0 Å². The Labute approximate surface area is 124 Å². The van der Waals surface area contributed by atoms with Crippen molar-refractivity contribution in [3.05, 3.63) is 0 Å². The fourth-order valence-corrected chi connectivity index (χ4v) is 3.71. The number of nitrogens with zero attached hydrogens (tertiary/aromatic N) is 1. The van der Waals surface area contributed by atoms with E-state index in [2.05, 4.69) is 4.74 Å². The normalized spacial score (nSPS) is 27.6. The van der Waals surface area contributed by atoms with Gasteiger partial charge in [-0.05, 0) is 19.8 Å². The molecule has 0 aromatic rings. The van der Waals surface area contributed by atoms with E-state index in [9.17, 15) is 9.59 Å². The summed E-state index contributed by atoms with van der Waals surface area (Å²) < 4.78 is 10.4. The van der Waals surface area contributed by atoms with Crippen LogP contribution in [0, 0.1) is 0 Å². The van der Waals surface area contributed by atoms with Crippen LogP contribution in [0.4, 0.5) is 0 Å². The van der Waals surface area contributed by atoms with Gasteiger partial charge in [-0.3, -0.25) is 9.59 Å². The molecule has 114 valence electrons. The van der Waals surface area contributed by atoms with Gasteiger partial charge in [-0.15, -0.1) is 11.8 Å². The third kappa shape index (κ3) is 3.67. The van der Waals surface area contributed by atoms with Crippen molar-refractivity contribution in [2.24, 2.45) is 0 Å². The van der Waals surface area contributed by atoms with E-state index >= 15 is 0 Å². The number of fused-ring (bicyclic) bond motifs is 1. The lowest BCUT2D eigenvalue weighted by Crippen LogP contribution is -2.55. The SMILES string of the molecule is COC(=O)[C@H](C)SCC(=O)N1CCO[C@H]2CCCC[C@H]21. The van der Waals surface area contributed by atoms with Crippen molar-refractivity contribution in [2.75, 3.05) is 26.0 Å². The minimum absolute atomic E-state index is 0.117. The molecular weight excluding hydrogens is 278 g/mol. The van der Waals surface area contributed by atoms with Crippen molar-refractivity contribution in [3.63, 3.8) is 0 Å². The van der Waals surface area contributed by atoms with Gasteiger partial charge in [0.15, 0.2) is 0 Å². The molecule has 0 radical (unpaired) electrons. The summed E-state index contributed by atoms with van der Waals surface area (Å²) in [5.41, 5.74) is 0. The van der Waals surface area contributed by atoms with Crippen LogP contribution in [-0.4, -0.2) is 60.2 Å². The quantitative estimate of drug-likeness (QED) is 0.736. The summed E-state index contributed by atoms with van der Waals surface area (Å²) in [5, 5.41) is -0.299. The van der Waals surface area contributed by atoms with Crippen LogP contribution >= 0.6 is 11.8 Å². The van der Waals surface area contributed by atoms with Gasteiger partial charge < -0.3 is 14.4 Å². The van der Waals surface area contributed by atoms with Crippen molar-refractivity contribution in [1.82, 2.24) is 4.90 Å². The highest BCUT2D eigenvalue weighted by Crippen LogP contribution is 2.29. The number of ether oxygens (including phenoxy) is 2. The summed E-state index contributed by atoms with van der Waals surface area (Å²) in [5.74, 6) is 0.172. The zero-order valence-electron chi connectivity index (χ0n) is 12.2. The van der Waals surface area contributed by atoms with E-state index in [1.807, 2.05) is 4.90 Å². The Balaban J connectivity index is 1.86. The van der Waals surface area contributed by atoms with Crippen LogP contribution in [0.1, 0.15) is 32.6 Å². The van der Waals surface area contributed by atoms with Gasteiger partial charge in [0, 0.05) is 6.54 Å². The molecular formula is C14H23NO4S. The smallest absolute Gasteiger partial charge is 0.318 e. The molecule has 3 atom stereocenters. The van der Waals surface area contributed by atoms with Gasteiger partial charge in [-0.2, -0.15) is 0 Å². The predicted octanol–water partition coefficient (Wildman–Crippen LogP) is 1.45. The number of carbonyl (C=O) groups is 2. The van der Waals surface area contributed by atoms with Crippen LogP contribution in [-0.2, 0) is 19.1 Å². The number of thioether (sulfide) groups is 1. The van der Waals surface area contributed by atoms with Crippen LogP contribution in [0.25, 0.3) is 0 Å². The van der Waals surface area contributed by atoms with Crippen molar-refractivity contribution < 1.29 is 19.1 Å². The van der Waals surface area contributed by atoms with Crippen LogP contribution in [0.2, 0.25) is 0 Å². The van der Waals surface area contributed by atoms with E-state index in [-0.39, 0.29) is 29.3 Å². The summed E-state index contributed by atoms with van der Waals surface area (Å²) in [6, 6.07) is 0.235. The molecule has 1 amide bonds. The largest absolute Gasteiger partial charge is 0.468 e. The number of hydrogen-bond donors (Lipinski definition) is 0. The number of rotatable bonds is 4. The minimum Gasteiger partial charge on any atom is -0.468 e. The molecule has 0 spiro atoms. The number of morpholine rings is 1. The molecule has 1 heterocycles. The molecule has 6 heteroatoms. The standard InChI is InChI=1S/C14H23NO4S/c1-10(14(17)18-2)20-9-13(16)15-7-8-19-12-6-4-3-5-11(12)15/h10-12H,3-9H2,1-2H3/t10-,11+,12-/m0/s1. The Bertz CT molecular complexity index is 361. The first kappa shape index (κ1) is 15.6. The average molecular weight is 301 g/mol. The molecule has 20 heavy (non-hydrogen) atoms. The summed E-state index contributed by atoms with van der Waals surface area (Å²) in [7, 11) is 1.37. The van der Waals surface area contributed by atoms with Gasteiger partial charge in [-0.25, -0.2) is 0 Å². The van der Waals surface area contributed by atoms with E-state index in [0.29, 0.717) is 18.9 Å². The summed E-state index contributed by atoms with van der Waals surface area (Å²) in [6.07, 6.45) is 4.66. The first-order valence-electron chi connectivity index (χ1n) is 7.24. The predicted molar refractivity (Wildman–Crippen MR) is 77.6 cm³/mol. The fourth-order valence-electron chi connectivity index (χ4n) is 2.92. The number of methoxy groups -OCH3 is 1. The molecule has 0 aromatic heterocycles. The minimum atomic E-state index is -0.299. The summed E-state index contributed by atoms with van der Waals surface area (Å²) in [4.78, 5) is 25.7. The van der Waals surface area contributed by atoms with Crippen LogP contribution in [0.3, 0.4) is 0 Å². The number of amides is 1. The lowest BCUT2D eigenvalue weighted by atomic mass is 9.90. The average Bonchev–Trinajstić information content (AvgIpc) is 2.50. The van der Waals surface area contributed by atoms with E-state index in [1.165, 1.54) is 31.7 Å². The molecule has 0 aromatic carbocycles. The molecule has 5 nitrogen and oxygen atoms in total. The molecule has 1 aliphatic carbocycles. The Kier molecular flexibility index (Phi) is 5.72. The number of esters is 1. The third-order valence-electron chi connectivity index (χ3n) is 4.04. The third-order valence-corrected chi connectivity index (χ3v) is 5.15. The lowest BCUT2D eigenvalue weighted by molar-refractivity contribution is -0.146. The highest BCUT2D eigenvalue weighted by Gasteiger charge is 2.36. The highest BCUT2D eigenvalue weighted by molar-refractivity contribution is 8.01. The number of hydrogen-bond acceptors (Lipinski definition) is 5. The summed E-state index contributed by atoms with van der Waals surface area (Å²) in [6.45, 7) is 3.07. The second kappa shape index (κ2) is 7.31. The molecule has 2 rings (SSSR count). The molecule has 1 saturated heterocycles.